The zero-order valence-electron chi connectivity index (χ0n) is 7.92. The van der Waals surface area contributed by atoms with Crippen LogP contribution in [0.25, 0.3) is 0 Å². The number of rotatable bonds is 1. The Bertz CT molecular complexity index is 325. The number of aromatic nitrogens is 2. The molecule has 0 saturated carbocycles. The molecule has 1 aliphatic rings. The van der Waals surface area contributed by atoms with Crippen LogP contribution in [0.2, 0.25) is 0 Å². The summed E-state index contributed by atoms with van der Waals surface area (Å²) in [7, 11) is 1.60. The van der Waals surface area contributed by atoms with Gasteiger partial charge in [-0.05, 0) is 6.92 Å². The van der Waals surface area contributed by atoms with Gasteiger partial charge in [0, 0.05) is 30.8 Å². The van der Waals surface area contributed by atoms with E-state index in [9.17, 15) is 0 Å². The zero-order chi connectivity index (χ0) is 9.26. The standard InChI is InChI=1S/C9H13N3O/c1-6-7-5-10-4-3-8(7)12-9(11-6)13-2/h10H,3-5H2,1-2H3. The Morgan fingerprint density at radius 2 is 2.23 bits per heavy atom. The molecule has 2 rings (SSSR count). The van der Waals surface area contributed by atoms with Gasteiger partial charge in [-0.25, -0.2) is 4.98 Å². The fraction of sp³-hybridized carbons (Fsp3) is 0.556. The predicted octanol–water partition coefficient (Wildman–Crippen LogP) is 0.439. The Hall–Kier alpha value is -1.16. The van der Waals surface area contributed by atoms with Gasteiger partial charge in [0.1, 0.15) is 0 Å². The molecule has 1 aromatic rings. The summed E-state index contributed by atoms with van der Waals surface area (Å²) in [6.45, 7) is 3.87. The first-order valence-electron chi connectivity index (χ1n) is 4.42. The van der Waals surface area contributed by atoms with E-state index in [0.29, 0.717) is 6.01 Å². The van der Waals surface area contributed by atoms with Crippen LogP contribution in [0.5, 0.6) is 6.01 Å². The van der Waals surface area contributed by atoms with E-state index in [1.54, 1.807) is 7.11 Å². The molecule has 0 amide bonds. The van der Waals surface area contributed by atoms with Gasteiger partial charge in [0.25, 0.3) is 0 Å². The van der Waals surface area contributed by atoms with Crippen molar-refractivity contribution in [3.05, 3.63) is 17.0 Å². The Labute approximate surface area is 77.4 Å². The molecular weight excluding hydrogens is 166 g/mol. The van der Waals surface area contributed by atoms with Crippen molar-refractivity contribution >= 4 is 0 Å². The highest BCUT2D eigenvalue weighted by atomic mass is 16.5. The second kappa shape index (κ2) is 3.30. The maximum absolute atomic E-state index is 5.02. The highest BCUT2D eigenvalue weighted by molar-refractivity contribution is 5.28. The number of hydrogen-bond donors (Lipinski definition) is 1. The minimum absolute atomic E-state index is 0.484. The van der Waals surface area contributed by atoms with Crippen LogP contribution in [0.3, 0.4) is 0 Å². The Kier molecular flexibility index (Phi) is 2.14. The average Bonchev–Trinajstić information content (AvgIpc) is 2.18. The van der Waals surface area contributed by atoms with Crippen LogP contribution in [0, 0.1) is 6.92 Å². The second-order valence-corrected chi connectivity index (χ2v) is 3.15. The van der Waals surface area contributed by atoms with Crippen LogP contribution in [0.15, 0.2) is 0 Å². The van der Waals surface area contributed by atoms with Crippen LogP contribution in [-0.4, -0.2) is 23.6 Å². The second-order valence-electron chi connectivity index (χ2n) is 3.15. The molecule has 0 spiro atoms. The molecule has 0 atom stereocenters. The van der Waals surface area contributed by atoms with E-state index in [2.05, 4.69) is 15.3 Å². The molecule has 1 aromatic heterocycles. The fourth-order valence-electron chi connectivity index (χ4n) is 1.58. The van der Waals surface area contributed by atoms with Crippen LogP contribution in [-0.2, 0) is 13.0 Å². The van der Waals surface area contributed by atoms with E-state index in [0.717, 1.165) is 30.9 Å². The SMILES string of the molecule is COc1nc(C)c2c(n1)CCNC2. The van der Waals surface area contributed by atoms with E-state index < -0.39 is 0 Å². The molecular formula is C9H13N3O. The summed E-state index contributed by atoms with van der Waals surface area (Å²) in [5.41, 5.74) is 3.38. The largest absolute Gasteiger partial charge is 0.467 e. The average molecular weight is 179 g/mol. The van der Waals surface area contributed by atoms with Crippen molar-refractivity contribution in [2.24, 2.45) is 0 Å². The van der Waals surface area contributed by atoms with Crippen molar-refractivity contribution in [3.8, 4) is 6.01 Å². The Morgan fingerprint density at radius 3 is 3.00 bits per heavy atom. The normalized spacial score (nSPS) is 15.2. The lowest BCUT2D eigenvalue weighted by atomic mass is 10.1. The summed E-state index contributed by atoms with van der Waals surface area (Å²) in [5, 5.41) is 3.30. The summed E-state index contributed by atoms with van der Waals surface area (Å²) < 4.78 is 5.02. The number of methoxy groups -OCH3 is 1. The quantitative estimate of drug-likeness (QED) is 0.679. The predicted molar refractivity (Wildman–Crippen MR) is 48.7 cm³/mol. The van der Waals surface area contributed by atoms with Gasteiger partial charge in [-0.2, -0.15) is 4.98 Å². The van der Waals surface area contributed by atoms with Crippen molar-refractivity contribution in [2.75, 3.05) is 13.7 Å². The van der Waals surface area contributed by atoms with E-state index >= 15 is 0 Å². The van der Waals surface area contributed by atoms with Gasteiger partial charge in [0.15, 0.2) is 0 Å². The van der Waals surface area contributed by atoms with E-state index in [-0.39, 0.29) is 0 Å². The van der Waals surface area contributed by atoms with Crippen LogP contribution < -0.4 is 10.1 Å². The van der Waals surface area contributed by atoms with E-state index in [1.165, 1.54) is 5.56 Å². The molecule has 4 nitrogen and oxygen atoms in total. The topological polar surface area (TPSA) is 47.0 Å². The molecule has 70 valence electrons. The molecule has 0 aliphatic carbocycles. The van der Waals surface area contributed by atoms with Gasteiger partial charge in [0.05, 0.1) is 12.8 Å². The highest BCUT2D eigenvalue weighted by Gasteiger charge is 2.14. The number of nitrogens with zero attached hydrogens (tertiary/aromatic N) is 2. The van der Waals surface area contributed by atoms with Crippen molar-refractivity contribution in [1.29, 1.82) is 0 Å². The molecule has 4 heteroatoms. The summed E-state index contributed by atoms with van der Waals surface area (Å²) in [6.07, 6.45) is 0.967. The van der Waals surface area contributed by atoms with Gasteiger partial charge in [-0.3, -0.25) is 0 Å². The van der Waals surface area contributed by atoms with Gasteiger partial charge >= 0.3 is 6.01 Å². The molecule has 0 bridgehead atoms. The fourth-order valence-corrected chi connectivity index (χ4v) is 1.58. The Morgan fingerprint density at radius 1 is 1.38 bits per heavy atom. The summed E-state index contributed by atoms with van der Waals surface area (Å²) in [5.74, 6) is 0. The smallest absolute Gasteiger partial charge is 0.316 e. The van der Waals surface area contributed by atoms with Crippen LogP contribution in [0.1, 0.15) is 17.0 Å². The third-order valence-electron chi connectivity index (χ3n) is 2.30. The monoisotopic (exact) mass is 179 g/mol. The summed E-state index contributed by atoms with van der Waals surface area (Å²) in [6, 6.07) is 0.484. The molecule has 0 saturated heterocycles. The third-order valence-corrected chi connectivity index (χ3v) is 2.30. The lowest BCUT2D eigenvalue weighted by molar-refractivity contribution is 0.374. The molecule has 1 N–H and O–H groups in total. The van der Waals surface area contributed by atoms with Gasteiger partial charge in [0.2, 0.25) is 0 Å². The van der Waals surface area contributed by atoms with Crippen LogP contribution >= 0.6 is 0 Å². The first kappa shape index (κ1) is 8.44. The zero-order valence-corrected chi connectivity index (χ0v) is 7.92. The minimum atomic E-state index is 0.484. The Balaban J connectivity index is 2.47. The lowest BCUT2D eigenvalue weighted by Crippen LogP contribution is -2.26. The molecule has 2 heterocycles. The molecule has 1 aliphatic heterocycles. The van der Waals surface area contributed by atoms with Crippen molar-refractivity contribution in [1.82, 2.24) is 15.3 Å². The van der Waals surface area contributed by atoms with Gasteiger partial charge in [-0.15, -0.1) is 0 Å². The first-order chi connectivity index (χ1) is 6.31. The number of ether oxygens (including phenoxy) is 1. The van der Waals surface area contributed by atoms with Crippen LogP contribution in [0.4, 0.5) is 0 Å². The highest BCUT2D eigenvalue weighted by Crippen LogP contribution is 2.17. The van der Waals surface area contributed by atoms with Gasteiger partial charge in [-0.1, -0.05) is 0 Å². The minimum Gasteiger partial charge on any atom is -0.467 e. The third kappa shape index (κ3) is 1.49. The first-order valence-corrected chi connectivity index (χ1v) is 4.42. The lowest BCUT2D eigenvalue weighted by Gasteiger charge is -2.17. The summed E-state index contributed by atoms with van der Waals surface area (Å²) >= 11 is 0. The van der Waals surface area contributed by atoms with E-state index in [1.807, 2.05) is 6.92 Å². The summed E-state index contributed by atoms with van der Waals surface area (Å²) in [4.78, 5) is 8.55. The van der Waals surface area contributed by atoms with E-state index in [4.69, 9.17) is 4.74 Å². The molecule has 13 heavy (non-hydrogen) atoms. The molecule has 0 radical (unpaired) electrons. The molecule has 0 unspecified atom stereocenters. The van der Waals surface area contributed by atoms with Crippen molar-refractivity contribution < 1.29 is 4.74 Å². The maximum Gasteiger partial charge on any atom is 0.316 e. The van der Waals surface area contributed by atoms with Crippen molar-refractivity contribution in [2.45, 2.75) is 19.9 Å². The number of hydrogen-bond acceptors (Lipinski definition) is 4. The maximum atomic E-state index is 5.02. The van der Waals surface area contributed by atoms with Gasteiger partial charge < -0.3 is 10.1 Å². The molecule has 0 aromatic carbocycles. The number of nitrogens with one attached hydrogen (secondary N) is 1. The van der Waals surface area contributed by atoms with Crippen molar-refractivity contribution in [3.63, 3.8) is 0 Å². The molecule has 0 fully saturated rings. The number of aryl methyl sites for hydroxylation is 1. The number of fused-ring (bicyclic) bond motifs is 1.